The number of piperidine rings is 2. The van der Waals surface area contributed by atoms with Crippen molar-refractivity contribution in [3.05, 3.63) is 35.1 Å². The van der Waals surface area contributed by atoms with E-state index in [0.717, 1.165) is 12.6 Å². The first-order valence-corrected chi connectivity index (χ1v) is 7.79. The van der Waals surface area contributed by atoms with Gasteiger partial charge in [-0.2, -0.15) is 13.2 Å². The molecule has 2 heterocycles. The number of nitrogens with one attached hydrogen (secondary N) is 1. The van der Waals surface area contributed by atoms with Crippen LogP contribution in [0.4, 0.5) is 17.6 Å². The number of aliphatic hydroxyl groups is 1. The standard InChI is InChI=1S/C16H20F4N2O/c17-14-7-12(16(18,19)20)2-1-11(14)9-22-6-4-15(23)3-5-21-8-13(15)10-22/h1-2,7,13,21,23H,3-6,8-10H2/t13-,15-/m1/s1. The predicted octanol–water partition coefficient (Wildman–Crippen LogP) is 2.39. The molecule has 0 aliphatic carbocycles. The highest BCUT2D eigenvalue weighted by atomic mass is 19.4. The summed E-state index contributed by atoms with van der Waals surface area (Å²) in [6.07, 6.45) is -3.21. The Morgan fingerprint density at radius 3 is 2.78 bits per heavy atom. The summed E-state index contributed by atoms with van der Waals surface area (Å²) < 4.78 is 51.7. The lowest BCUT2D eigenvalue weighted by Gasteiger charge is -2.47. The zero-order chi connectivity index (χ0) is 16.7. The van der Waals surface area contributed by atoms with E-state index in [-0.39, 0.29) is 18.0 Å². The van der Waals surface area contributed by atoms with Crippen molar-refractivity contribution in [1.29, 1.82) is 0 Å². The summed E-state index contributed by atoms with van der Waals surface area (Å²) in [6, 6.07) is 2.68. The summed E-state index contributed by atoms with van der Waals surface area (Å²) >= 11 is 0. The Hall–Kier alpha value is -1.18. The first-order chi connectivity index (χ1) is 10.8. The van der Waals surface area contributed by atoms with Crippen LogP contribution < -0.4 is 5.32 Å². The third kappa shape index (κ3) is 3.51. The maximum absolute atomic E-state index is 14.0. The zero-order valence-corrected chi connectivity index (χ0v) is 12.7. The summed E-state index contributed by atoms with van der Waals surface area (Å²) in [5.41, 5.74) is -1.38. The van der Waals surface area contributed by atoms with E-state index in [4.69, 9.17) is 0 Å². The lowest BCUT2D eigenvalue weighted by Crippen LogP contribution is -2.58. The molecule has 0 spiro atoms. The van der Waals surface area contributed by atoms with Gasteiger partial charge < -0.3 is 10.4 Å². The van der Waals surface area contributed by atoms with Crippen LogP contribution in [0.25, 0.3) is 0 Å². The number of likely N-dealkylation sites (tertiary alicyclic amines) is 1. The van der Waals surface area contributed by atoms with E-state index in [9.17, 15) is 22.7 Å². The van der Waals surface area contributed by atoms with Gasteiger partial charge in [-0.15, -0.1) is 0 Å². The molecule has 3 rings (SSSR count). The van der Waals surface area contributed by atoms with Crippen molar-refractivity contribution in [2.75, 3.05) is 26.2 Å². The number of nitrogens with zero attached hydrogens (tertiary/aromatic N) is 1. The Morgan fingerprint density at radius 2 is 2.09 bits per heavy atom. The third-order valence-electron chi connectivity index (χ3n) is 5.00. The molecule has 2 aliphatic heterocycles. The summed E-state index contributed by atoms with van der Waals surface area (Å²) in [5, 5.41) is 13.8. The molecule has 2 aliphatic rings. The van der Waals surface area contributed by atoms with E-state index in [1.54, 1.807) is 0 Å². The molecule has 2 N–H and O–H groups in total. The van der Waals surface area contributed by atoms with Crippen LogP contribution in [0, 0.1) is 11.7 Å². The molecule has 3 nitrogen and oxygen atoms in total. The molecule has 2 fully saturated rings. The van der Waals surface area contributed by atoms with Crippen molar-refractivity contribution in [3.63, 3.8) is 0 Å². The lowest BCUT2D eigenvalue weighted by atomic mass is 9.76. The molecule has 2 atom stereocenters. The summed E-state index contributed by atoms with van der Waals surface area (Å²) in [4.78, 5) is 2.00. The SMILES string of the molecule is O[C@@]12CCNC[C@@H]1CN(Cc1ccc(C(F)(F)F)cc1F)CC2. The minimum Gasteiger partial charge on any atom is -0.389 e. The fourth-order valence-corrected chi connectivity index (χ4v) is 3.53. The van der Waals surface area contributed by atoms with E-state index in [1.165, 1.54) is 6.07 Å². The number of rotatable bonds is 2. The van der Waals surface area contributed by atoms with Crippen LogP contribution in [0.3, 0.4) is 0 Å². The van der Waals surface area contributed by atoms with Crippen LogP contribution in [0.5, 0.6) is 0 Å². The van der Waals surface area contributed by atoms with E-state index < -0.39 is 23.2 Å². The second kappa shape index (κ2) is 6.03. The molecular weight excluding hydrogens is 312 g/mol. The van der Waals surface area contributed by atoms with E-state index >= 15 is 0 Å². The van der Waals surface area contributed by atoms with Gasteiger partial charge in [0.1, 0.15) is 5.82 Å². The summed E-state index contributed by atoms with van der Waals surface area (Å²) in [7, 11) is 0. The van der Waals surface area contributed by atoms with Crippen molar-refractivity contribution in [2.24, 2.45) is 5.92 Å². The number of fused-ring (bicyclic) bond motifs is 1. The van der Waals surface area contributed by atoms with Crippen LogP contribution in [0.15, 0.2) is 18.2 Å². The van der Waals surface area contributed by atoms with Crippen molar-refractivity contribution < 1.29 is 22.7 Å². The second-order valence-electron chi connectivity index (χ2n) is 6.54. The van der Waals surface area contributed by atoms with Gasteiger partial charge in [0.05, 0.1) is 11.2 Å². The Balaban J connectivity index is 1.68. The van der Waals surface area contributed by atoms with Gasteiger partial charge in [-0.1, -0.05) is 6.07 Å². The maximum Gasteiger partial charge on any atom is 0.416 e. The van der Waals surface area contributed by atoms with Crippen LogP contribution in [0.2, 0.25) is 0 Å². The van der Waals surface area contributed by atoms with Gasteiger partial charge in [-0.05, 0) is 31.5 Å². The Labute approximate surface area is 132 Å². The maximum atomic E-state index is 14.0. The van der Waals surface area contributed by atoms with Gasteiger partial charge in [-0.25, -0.2) is 4.39 Å². The average molecular weight is 332 g/mol. The van der Waals surface area contributed by atoms with E-state index in [2.05, 4.69) is 5.32 Å². The highest BCUT2D eigenvalue weighted by molar-refractivity contribution is 5.26. The van der Waals surface area contributed by atoms with Crippen molar-refractivity contribution in [2.45, 2.75) is 31.2 Å². The normalized spacial score (nSPS) is 29.3. The number of alkyl halides is 3. The number of benzene rings is 1. The molecule has 0 amide bonds. The van der Waals surface area contributed by atoms with Crippen LogP contribution in [-0.4, -0.2) is 41.8 Å². The summed E-state index contributed by atoms with van der Waals surface area (Å²) in [6.45, 7) is 3.00. The Morgan fingerprint density at radius 1 is 1.30 bits per heavy atom. The van der Waals surface area contributed by atoms with Crippen molar-refractivity contribution in [1.82, 2.24) is 10.2 Å². The molecule has 0 saturated carbocycles. The molecule has 7 heteroatoms. The third-order valence-corrected chi connectivity index (χ3v) is 5.00. The molecule has 128 valence electrons. The number of hydrogen-bond acceptors (Lipinski definition) is 3. The van der Waals surface area contributed by atoms with Gasteiger partial charge >= 0.3 is 6.18 Å². The first-order valence-electron chi connectivity index (χ1n) is 7.79. The first kappa shape index (κ1) is 16.7. The number of halogens is 4. The predicted molar refractivity (Wildman–Crippen MR) is 77.2 cm³/mol. The summed E-state index contributed by atoms with van der Waals surface area (Å²) in [5.74, 6) is -0.759. The topological polar surface area (TPSA) is 35.5 Å². The fourth-order valence-electron chi connectivity index (χ4n) is 3.53. The van der Waals surface area contributed by atoms with Crippen LogP contribution in [-0.2, 0) is 12.7 Å². The molecule has 2 saturated heterocycles. The molecule has 23 heavy (non-hydrogen) atoms. The quantitative estimate of drug-likeness (QED) is 0.817. The molecule has 1 aromatic carbocycles. The van der Waals surface area contributed by atoms with Crippen LogP contribution >= 0.6 is 0 Å². The lowest BCUT2D eigenvalue weighted by molar-refractivity contribution is -0.137. The minimum atomic E-state index is -4.53. The highest BCUT2D eigenvalue weighted by Crippen LogP contribution is 2.34. The largest absolute Gasteiger partial charge is 0.416 e. The molecule has 0 radical (unpaired) electrons. The monoisotopic (exact) mass is 332 g/mol. The van der Waals surface area contributed by atoms with Gasteiger partial charge in [0, 0.05) is 37.7 Å². The zero-order valence-electron chi connectivity index (χ0n) is 12.7. The molecule has 0 aromatic heterocycles. The number of hydrogen-bond donors (Lipinski definition) is 2. The second-order valence-corrected chi connectivity index (χ2v) is 6.54. The van der Waals surface area contributed by atoms with Crippen molar-refractivity contribution in [3.8, 4) is 0 Å². The molecule has 0 unspecified atom stereocenters. The molecule has 1 aromatic rings. The Bertz CT molecular complexity index is 578. The van der Waals surface area contributed by atoms with Gasteiger partial charge in [-0.3, -0.25) is 4.90 Å². The molecule has 0 bridgehead atoms. The van der Waals surface area contributed by atoms with Gasteiger partial charge in [0.2, 0.25) is 0 Å². The fraction of sp³-hybridized carbons (Fsp3) is 0.625. The molecular formula is C16H20F4N2O. The average Bonchev–Trinajstić information content (AvgIpc) is 2.48. The Kier molecular flexibility index (Phi) is 4.37. The van der Waals surface area contributed by atoms with Gasteiger partial charge in [0.15, 0.2) is 0 Å². The minimum absolute atomic E-state index is 0.0718. The van der Waals surface area contributed by atoms with Gasteiger partial charge in [0.25, 0.3) is 0 Å². The van der Waals surface area contributed by atoms with Crippen molar-refractivity contribution >= 4 is 0 Å². The van der Waals surface area contributed by atoms with E-state index in [1.807, 2.05) is 4.90 Å². The smallest absolute Gasteiger partial charge is 0.389 e. The highest BCUT2D eigenvalue weighted by Gasteiger charge is 2.42. The van der Waals surface area contributed by atoms with Crippen LogP contribution in [0.1, 0.15) is 24.0 Å². The van der Waals surface area contributed by atoms with E-state index in [0.29, 0.717) is 38.5 Å².